The van der Waals surface area contributed by atoms with Crippen LogP contribution in [0.4, 0.5) is 0 Å². The Morgan fingerprint density at radius 3 is 2.69 bits per heavy atom. The van der Waals surface area contributed by atoms with E-state index in [4.69, 9.17) is 0 Å². The lowest BCUT2D eigenvalue weighted by Gasteiger charge is -2.17. The third-order valence-electron chi connectivity index (χ3n) is 2.94. The molecule has 1 unspecified atom stereocenters. The highest BCUT2D eigenvalue weighted by atomic mass is 15.1. The normalized spacial score (nSPS) is 19.4. The summed E-state index contributed by atoms with van der Waals surface area (Å²) in [5.74, 6) is 1.03. The van der Waals surface area contributed by atoms with E-state index in [1.807, 2.05) is 7.05 Å². The summed E-state index contributed by atoms with van der Waals surface area (Å²) >= 11 is 0. The van der Waals surface area contributed by atoms with Gasteiger partial charge in [0.15, 0.2) is 0 Å². The molecule has 1 fully saturated rings. The average molecular weight is 184 g/mol. The van der Waals surface area contributed by atoms with Gasteiger partial charge in [0.05, 0.1) is 0 Å². The molecule has 1 rings (SSSR count). The quantitative estimate of drug-likeness (QED) is 0.648. The second-order valence-corrected chi connectivity index (χ2v) is 4.54. The minimum Gasteiger partial charge on any atom is -0.317 e. The van der Waals surface area contributed by atoms with E-state index in [-0.39, 0.29) is 0 Å². The number of hydrogen-bond donors (Lipinski definition) is 1. The van der Waals surface area contributed by atoms with Gasteiger partial charge in [0.25, 0.3) is 0 Å². The summed E-state index contributed by atoms with van der Waals surface area (Å²) in [5, 5.41) is 3.27. The van der Waals surface area contributed by atoms with Crippen LogP contribution in [0.1, 0.15) is 32.6 Å². The standard InChI is InChI=1S/C11H24N2/c1-10(12-2)5-4-8-13(3)9-11-6-7-11/h10-12H,4-9H2,1-3H3. The molecule has 0 bridgehead atoms. The first-order chi connectivity index (χ1) is 6.22. The van der Waals surface area contributed by atoms with Crippen LogP contribution >= 0.6 is 0 Å². The van der Waals surface area contributed by atoms with Crippen LogP contribution in [0.25, 0.3) is 0 Å². The van der Waals surface area contributed by atoms with E-state index >= 15 is 0 Å². The van der Waals surface area contributed by atoms with Gasteiger partial charge in [-0.2, -0.15) is 0 Å². The maximum Gasteiger partial charge on any atom is 0.00362 e. The molecule has 0 aromatic rings. The zero-order chi connectivity index (χ0) is 9.68. The van der Waals surface area contributed by atoms with Crippen molar-refractivity contribution in [2.24, 2.45) is 5.92 Å². The van der Waals surface area contributed by atoms with Crippen LogP contribution in [0.3, 0.4) is 0 Å². The maximum atomic E-state index is 3.27. The largest absolute Gasteiger partial charge is 0.317 e. The van der Waals surface area contributed by atoms with Crippen molar-refractivity contribution in [3.05, 3.63) is 0 Å². The first-order valence-electron chi connectivity index (χ1n) is 5.58. The van der Waals surface area contributed by atoms with Gasteiger partial charge < -0.3 is 10.2 Å². The fourth-order valence-corrected chi connectivity index (χ4v) is 1.64. The molecule has 0 saturated heterocycles. The first kappa shape index (κ1) is 11.0. The molecule has 0 radical (unpaired) electrons. The summed E-state index contributed by atoms with van der Waals surface area (Å²) in [6.45, 7) is 4.84. The Hall–Kier alpha value is -0.0800. The smallest absolute Gasteiger partial charge is 0.00362 e. The summed E-state index contributed by atoms with van der Waals surface area (Å²) in [5.41, 5.74) is 0. The molecular formula is C11H24N2. The van der Waals surface area contributed by atoms with Gasteiger partial charge in [-0.1, -0.05) is 0 Å². The minimum absolute atomic E-state index is 0.675. The zero-order valence-electron chi connectivity index (χ0n) is 9.34. The highest BCUT2D eigenvalue weighted by Crippen LogP contribution is 2.29. The Morgan fingerprint density at radius 1 is 1.46 bits per heavy atom. The van der Waals surface area contributed by atoms with Gasteiger partial charge in [-0.3, -0.25) is 0 Å². The van der Waals surface area contributed by atoms with Crippen molar-refractivity contribution in [3.63, 3.8) is 0 Å². The molecule has 1 N–H and O–H groups in total. The van der Waals surface area contributed by atoms with Crippen molar-refractivity contribution in [1.82, 2.24) is 10.2 Å². The maximum absolute atomic E-state index is 3.27. The van der Waals surface area contributed by atoms with Gasteiger partial charge in [0.2, 0.25) is 0 Å². The van der Waals surface area contributed by atoms with Crippen molar-refractivity contribution < 1.29 is 0 Å². The lowest BCUT2D eigenvalue weighted by Crippen LogP contribution is -2.26. The predicted octanol–water partition coefficient (Wildman–Crippen LogP) is 1.72. The van der Waals surface area contributed by atoms with E-state index in [0.717, 1.165) is 5.92 Å². The summed E-state index contributed by atoms with van der Waals surface area (Å²) < 4.78 is 0. The Labute approximate surface area is 82.7 Å². The lowest BCUT2D eigenvalue weighted by molar-refractivity contribution is 0.307. The molecular weight excluding hydrogens is 160 g/mol. The minimum atomic E-state index is 0.675. The molecule has 1 aliphatic carbocycles. The molecule has 2 heteroatoms. The SMILES string of the molecule is CNC(C)CCCN(C)CC1CC1. The van der Waals surface area contributed by atoms with Crippen molar-refractivity contribution in [1.29, 1.82) is 0 Å². The van der Waals surface area contributed by atoms with E-state index < -0.39 is 0 Å². The van der Waals surface area contributed by atoms with E-state index in [9.17, 15) is 0 Å². The van der Waals surface area contributed by atoms with Crippen molar-refractivity contribution in [2.45, 2.75) is 38.6 Å². The Morgan fingerprint density at radius 2 is 2.15 bits per heavy atom. The van der Waals surface area contributed by atoms with Crippen LogP contribution in [0.2, 0.25) is 0 Å². The van der Waals surface area contributed by atoms with E-state index in [2.05, 4.69) is 24.2 Å². The topological polar surface area (TPSA) is 15.3 Å². The fourth-order valence-electron chi connectivity index (χ4n) is 1.64. The molecule has 0 aliphatic heterocycles. The van der Waals surface area contributed by atoms with Gasteiger partial charge in [-0.05, 0) is 59.2 Å². The van der Waals surface area contributed by atoms with Gasteiger partial charge in [-0.25, -0.2) is 0 Å². The van der Waals surface area contributed by atoms with Crippen molar-refractivity contribution >= 4 is 0 Å². The molecule has 1 atom stereocenters. The highest BCUT2D eigenvalue weighted by molar-refractivity contribution is 4.76. The summed E-state index contributed by atoms with van der Waals surface area (Å²) in [4.78, 5) is 2.49. The molecule has 1 aliphatic rings. The molecule has 0 aromatic carbocycles. The highest BCUT2D eigenvalue weighted by Gasteiger charge is 2.22. The fraction of sp³-hybridized carbons (Fsp3) is 1.00. The number of nitrogens with zero attached hydrogens (tertiary/aromatic N) is 1. The van der Waals surface area contributed by atoms with Crippen molar-refractivity contribution in [3.8, 4) is 0 Å². The van der Waals surface area contributed by atoms with E-state index in [1.54, 1.807) is 0 Å². The number of rotatable bonds is 7. The average Bonchev–Trinajstić information content (AvgIpc) is 2.88. The summed E-state index contributed by atoms with van der Waals surface area (Å²) in [6.07, 6.45) is 5.56. The molecule has 13 heavy (non-hydrogen) atoms. The third-order valence-corrected chi connectivity index (χ3v) is 2.94. The lowest BCUT2D eigenvalue weighted by atomic mass is 10.2. The van der Waals surface area contributed by atoms with Crippen molar-refractivity contribution in [2.75, 3.05) is 27.2 Å². The second-order valence-electron chi connectivity index (χ2n) is 4.54. The molecule has 1 saturated carbocycles. The van der Waals surface area contributed by atoms with E-state index in [0.29, 0.717) is 6.04 Å². The van der Waals surface area contributed by atoms with Gasteiger partial charge >= 0.3 is 0 Å². The van der Waals surface area contributed by atoms with E-state index in [1.165, 1.54) is 38.8 Å². The Balaban J connectivity index is 1.91. The van der Waals surface area contributed by atoms with Crippen LogP contribution < -0.4 is 5.32 Å². The summed E-state index contributed by atoms with van der Waals surface area (Å²) in [7, 11) is 4.29. The Bertz CT molecular complexity index is 132. The molecule has 0 amide bonds. The first-order valence-corrected chi connectivity index (χ1v) is 5.58. The van der Waals surface area contributed by atoms with Gasteiger partial charge in [-0.15, -0.1) is 0 Å². The van der Waals surface area contributed by atoms with Crippen LogP contribution in [-0.2, 0) is 0 Å². The number of hydrogen-bond acceptors (Lipinski definition) is 2. The monoisotopic (exact) mass is 184 g/mol. The zero-order valence-corrected chi connectivity index (χ0v) is 9.34. The van der Waals surface area contributed by atoms with Crippen LogP contribution in [0.5, 0.6) is 0 Å². The number of nitrogens with one attached hydrogen (secondary N) is 1. The van der Waals surface area contributed by atoms with Gasteiger partial charge in [0, 0.05) is 12.6 Å². The molecule has 78 valence electrons. The molecule has 0 spiro atoms. The molecule has 0 heterocycles. The van der Waals surface area contributed by atoms with Crippen LogP contribution in [-0.4, -0.2) is 38.1 Å². The van der Waals surface area contributed by atoms with Crippen LogP contribution in [0.15, 0.2) is 0 Å². The Kier molecular flexibility index (Phi) is 4.74. The molecule has 2 nitrogen and oxygen atoms in total. The second kappa shape index (κ2) is 5.61. The molecule has 0 aromatic heterocycles. The predicted molar refractivity (Wildman–Crippen MR) is 58.0 cm³/mol. The third kappa shape index (κ3) is 5.27. The van der Waals surface area contributed by atoms with Gasteiger partial charge in [0.1, 0.15) is 0 Å². The summed E-state index contributed by atoms with van der Waals surface area (Å²) in [6, 6.07) is 0.675. The van der Waals surface area contributed by atoms with Crippen LogP contribution in [0, 0.1) is 5.92 Å².